The zero-order valence-corrected chi connectivity index (χ0v) is 11.2. The van der Waals surface area contributed by atoms with Crippen molar-refractivity contribution < 1.29 is 4.42 Å². The molecule has 0 unspecified atom stereocenters. The standard InChI is InChI=1S/C12H10ClN3OS/c1-7-5-14-10(17-7)6-15-12-16-9-4-2-3-8(13)11(9)18-12/h2-5H,6H2,1H3,(H,15,16). The molecule has 0 amide bonds. The quantitative estimate of drug-likeness (QED) is 0.791. The van der Waals surface area contributed by atoms with Gasteiger partial charge in [-0.05, 0) is 19.1 Å². The number of benzene rings is 1. The number of aryl methyl sites for hydroxylation is 1. The van der Waals surface area contributed by atoms with Gasteiger partial charge in [0.15, 0.2) is 5.13 Å². The summed E-state index contributed by atoms with van der Waals surface area (Å²) in [6.45, 7) is 2.39. The van der Waals surface area contributed by atoms with Crippen molar-refractivity contribution in [1.82, 2.24) is 9.97 Å². The van der Waals surface area contributed by atoms with Crippen LogP contribution in [0, 0.1) is 6.92 Å². The molecule has 0 aliphatic heterocycles. The maximum atomic E-state index is 6.10. The van der Waals surface area contributed by atoms with Crippen molar-refractivity contribution in [2.24, 2.45) is 0 Å². The molecular formula is C12H10ClN3OS. The second-order valence-electron chi connectivity index (χ2n) is 3.83. The lowest BCUT2D eigenvalue weighted by molar-refractivity contribution is 0.479. The van der Waals surface area contributed by atoms with Gasteiger partial charge in [-0.2, -0.15) is 0 Å². The average Bonchev–Trinajstić information content (AvgIpc) is 2.93. The van der Waals surface area contributed by atoms with E-state index >= 15 is 0 Å². The summed E-state index contributed by atoms with van der Waals surface area (Å²) in [6, 6.07) is 5.70. The highest BCUT2D eigenvalue weighted by molar-refractivity contribution is 7.22. The number of thiazole rings is 1. The molecule has 1 aromatic carbocycles. The molecule has 2 heterocycles. The van der Waals surface area contributed by atoms with E-state index in [0.29, 0.717) is 12.4 Å². The monoisotopic (exact) mass is 279 g/mol. The number of halogens is 1. The van der Waals surface area contributed by atoms with Crippen molar-refractivity contribution in [3.8, 4) is 0 Å². The lowest BCUT2D eigenvalue weighted by Gasteiger charge is -1.96. The van der Waals surface area contributed by atoms with Crippen LogP contribution in [0.5, 0.6) is 0 Å². The zero-order chi connectivity index (χ0) is 12.5. The Hall–Kier alpha value is -1.59. The normalized spacial score (nSPS) is 11.0. The number of hydrogen-bond acceptors (Lipinski definition) is 5. The van der Waals surface area contributed by atoms with E-state index < -0.39 is 0 Å². The van der Waals surface area contributed by atoms with E-state index in [1.165, 1.54) is 11.3 Å². The maximum absolute atomic E-state index is 6.10. The molecule has 18 heavy (non-hydrogen) atoms. The Morgan fingerprint density at radius 2 is 2.33 bits per heavy atom. The number of nitrogens with one attached hydrogen (secondary N) is 1. The molecule has 0 atom stereocenters. The molecule has 92 valence electrons. The lowest BCUT2D eigenvalue weighted by atomic mass is 10.3. The van der Waals surface area contributed by atoms with Gasteiger partial charge in [0.2, 0.25) is 5.89 Å². The second-order valence-corrected chi connectivity index (χ2v) is 5.23. The summed E-state index contributed by atoms with van der Waals surface area (Å²) in [4.78, 5) is 8.57. The molecule has 3 rings (SSSR count). The summed E-state index contributed by atoms with van der Waals surface area (Å²) in [5.41, 5.74) is 0.901. The van der Waals surface area contributed by atoms with Gasteiger partial charge in [-0.15, -0.1) is 0 Å². The fraction of sp³-hybridized carbons (Fsp3) is 0.167. The number of aromatic nitrogens is 2. The summed E-state index contributed by atoms with van der Waals surface area (Å²) in [7, 11) is 0. The van der Waals surface area contributed by atoms with Crippen molar-refractivity contribution in [2.75, 3.05) is 5.32 Å². The molecule has 3 aromatic rings. The van der Waals surface area contributed by atoms with Crippen LogP contribution in [-0.2, 0) is 6.54 Å². The van der Waals surface area contributed by atoms with Crippen molar-refractivity contribution in [2.45, 2.75) is 13.5 Å². The molecule has 0 fully saturated rings. The Balaban J connectivity index is 1.81. The van der Waals surface area contributed by atoms with Gasteiger partial charge in [0.1, 0.15) is 5.76 Å². The van der Waals surface area contributed by atoms with Gasteiger partial charge in [-0.25, -0.2) is 9.97 Å². The highest BCUT2D eigenvalue weighted by Crippen LogP contribution is 2.31. The highest BCUT2D eigenvalue weighted by Gasteiger charge is 2.07. The number of nitrogens with zero attached hydrogens (tertiary/aromatic N) is 2. The maximum Gasteiger partial charge on any atom is 0.213 e. The van der Waals surface area contributed by atoms with Crippen LogP contribution >= 0.6 is 22.9 Å². The van der Waals surface area contributed by atoms with Crippen molar-refractivity contribution in [1.29, 1.82) is 0 Å². The summed E-state index contributed by atoms with van der Waals surface area (Å²) in [6.07, 6.45) is 1.70. The third kappa shape index (κ3) is 2.19. The van der Waals surface area contributed by atoms with Gasteiger partial charge in [-0.1, -0.05) is 29.0 Å². The van der Waals surface area contributed by atoms with Crippen LogP contribution in [0.25, 0.3) is 10.2 Å². The predicted molar refractivity (Wildman–Crippen MR) is 73.2 cm³/mol. The molecule has 0 bridgehead atoms. The zero-order valence-electron chi connectivity index (χ0n) is 9.61. The second kappa shape index (κ2) is 4.59. The first-order valence-corrected chi connectivity index (χ1v) is 6.62. The molecule has 1 N–H and O–H groups in total. The van der Waals surface area contributed by atoms with E-state index in [0.717, 1.165) is 26.1 Å². The SMILES string of the molecule is Cc1cnc(CNc2nc3cccc(Cl)c3s2)o1. The molecule has 2 aromatic heterocycles. The van der Waals surface area contributed by atoms with E-state index in [1.807, 2.05) is 25.1 Å². The van der Waals surface area contributed by atoms with Gasteiger partial charge in [0.25, 0.3) is 0 Å². The number of rotatable bonds is 3. The Kier molecular flexibility index (Phi) is 2.93. The Labute approximate surface area is 113 Å². The first-order chi connectivity index (χ1) is 8.72. The molecule has 6 heteroatoms. The van der Waals surface area contributed by atoms with Crippen LogP contribution < -0.4 is 5.32 Å². The number of anilines is 1. The van der Waals surface area contributed by atoms with Crippen molar-refractivity contribution in [3.05, 3.63) is 41.1 Å². The minimum atomic E-state index is 0.519. The van der Waals surface area contributed by atoms with Crippen LogP contribution in [0.3, 0.4) is 0 Å². The summed E-state index contributed by atoms with van der Waals surface area (Å²) in [5, 5.41) is 4.72. The van der Waals surface area contributed by atoms with Crippen LogP contribution in [0.4, 0.5) is 5.13 Å². The average molecular weight is 280 g/mol. The third-order valence-corrected chi connectivity index (χ3v) is 3.92. The first kappa shape index (κ1) is 11.5. The Morgan fingerprint density at radius 3 is 3.06 bits per heavy atom. The van der Waals surface area contributed by atoms with E-state index in [4.69, 9.17) is 16.0 Å². The first-order valence-electron chi connectivity index (χ1n) is 5.42. The van der Waals surface area contributed by atoms with Crippen LogP contribution in [0.1, 0.15) is 11.7 Å². The van der Waals surface area contributed by atoms with E-state index in [2.05, 4.69) is 15.3 Å². The lowest BCUT2D eigenvalue weighted by Crippen LogP contribution is -1.98. The van der Waals surface area contributed by atoms with Gasteiger partial charge in [-0.3, -0.25) is 0 Å². The minimum absolute atomic E-state index is 0.519. The molecule has 4 nitrogen and oxygen atoms in total. The summed E-state index contributed by atoms with van der Waals surface area (Å²) < 4.78 is 6.37. The smallest absolute Gasteiger partial charge is 0.213 e. The molecule has 0 aliphatic rings. The Bertz CT molecular complexity index is 692. The topological polar surface area (TPSA) is 51.0 Å². The fourth-order valence-electron chi connectivity index (χ4n) is 1.63. The van der Waals surface area contributed by atoms with Crippen molar-refractivity contribution >= 4 is 38.3 Å². The fourth-order valence-corrected chi connectivity index (χ4v) is 2.78. The third-order valence-electron chi connectivity index (χ3n) is 2.43. The van der Waals surface area contributed by atoms with Gasteiger partial charge in [0.05, 0.1) is 28.0 Å². The number of fused-ring (bicyclic) bond motifs is 1. The minimum Gasteiger partial charge on any atom is -0.444 e. The van der Waals surface area contributed by atoms with E-state index in [9.17, 15) is 0 Å². The summed E-state index contributed by atoms with van der Waals surface area (Å²) in [5.74, 6) is 1.46. The van der Waals surface area contributed by atoms with Crippen LogP contribution in [0.15, 0.2) is 28.8 Å². The van der Waals surface area contributed by atoms with E-state index in [-0.39, 0.29) is 0 Å². The van der Waals surface area contributed by atoms with Crippen molar-refractivity contribution in [3.63, 3.8) is 0 Å². The van der Waals surface area contributed by atoms with E-state index in [1.54, 1.807) is 6.20 Å². The summed E-state index contributed by atoms with van der Waals surface area (Å²) >= 11 is 7.63. The molecule has 0 aliphatic carbocycles. The van der Waals surface area contributed by atoms with Gasteiger partial charge < -0.3 is 9.73 Å². The van der Waals surface area contributed by atoms with Gasteiger partial charge in [0, 0.05) is 0 Å². The van der Waals surface area contributed by atoms with Gasteiger partial charge >= 0.3 is 0 Å². The molecule has 0 radical (unpaired) electrons. The number of oxazole rings is 1. The van der Waals surface area contributed by atoms with Crippen LogP contribution in [-0.4, -0.2) is 9.97 Å². The molecular weight excluding hydrogens is 270 g/mol. The van der Waals surface area contributed by atoms with Crippen LogP contribution in [0.2, 0.25) is 5.02 Å². The molecule has 0 spiro atoms. The highest BCUT2D eigenvalue weighted by atomic mass is 35.5. The molecule has 0 saturated carbocycles. The Morgan fingerprint density at radius 1 is 1.44 bits per heavy atom. The number of hydrogen-bond donors (Lipinski definition) is 1. The molecule has 0 saturated heterocycles. The predicted octanol–water partition coefficient (Wildman–Crippen LogP) is 3.86. The largest absolute Gasteiger partial charge is 0.444 e.